The predicted molar refractivity (Wildman–Crippen MR) is 93.7 cm³/mol. The van der Waals surface area contributed by atoms with Gasteiger partial charge >= 0.3 is 12.1 Å². The van der Waals surface area contributed by atoms with E-state index in [9.17, 15) is 18.0 Å². The maximum absolute atomic E-state index is 13.3. The highest BCUT2D eigenvalue weighted by Gasteiger charge is 2.40. The Kier molecular flexibility index (Phi) is 6.07. The number of aryl methyl sites for hydroxylation is 2. The van der Waals surface area contributed by atoms with E-state index in [1.54, 1.807) is 13.8 Å². The molecule has 0 N–H and O–H groups in total. The summed E-state index contributed by atoms with van der Waals surface area (Å²) in [4.78, 5) is 12.0. The molecular formula is C19H24F3NO4. The fourth-order valence-electron chi connectivity index (χ4n) is 3.00. The van der Waals surface area contributed by atoms with Crippen molar-refractivity contribution < 1.29 is 32.0 Å². The SMILES string of the molecule is CCCc1cc2c(C(F)(F)F)onc2c(CCC)c1OC(C)(C)C(=O)OC. The Labute approximate surface area is 155 Å². The van der Waals surface area contributed by atoms with Crippen LogP contribution >= 0.6 is 0 Å². The van der Waals surface area contributed by atoms with Crippen LogP contribution in [0.5, 0.6) is 5.75 Å². The Bertz CT molecular complexity index is 824. The highest BCUT2D eigenvalue weighted by atomic mass is 19.4. The Morgan fingerprint density at radius 1 is 1.19 bits per heavy atom. The van der Waals surface area contributed by atoms with Crippen LogP contribution in [-0.4, -0.2) is 23.8 Å². The van der Waals surface area contributed by atoms with Crippen LogP contribution in [0.2, 0.25) is 0 Å². The van der Waals surface area contributed by atoms with E-state index in [2.05, 4.69) is 9.68 Å². The van der Waals surface area contributed by atoms with Gasteiger partial charge in [0.2, 0.25) is 5.76 Å². The van der Waals surface area contributed by atoms with Crippen molar-refractivity contribution in [1.82, 2.24) is 5.16 Å². The Morgan fingerprint density at radius 3 is 2.33 bits per heavy atom. The summed E-state index contributed by atoms with van der Waals surface area (Å²) in [5.41, 5.74) is -0.0993. The first-order valence-corrected chi connectivity index (χ1v) is 8.85. The number of hydrogen-bond acceptors (Lipinski definition) is 5. The molecule has 1 aromatic carbocycles. The second-order valence-corrected chi connectivity index (χ2v) is 6.85. The number of fused-ring (bicyclic) bond motifs is 1. The summed E-state index contributed by atoms with van der Waals surface area (Å²) < 4.78 is 55.2. The van der Waals surface area contributed by atoms with Crippen molar-refractivity contribution in [2.45, 2.75) is 65.2 Å². The lowest BCUT2D eigenvalue weighted by Crippen LogP contribution is -2.39. The van der Waals surface area contributed by atoms with Gasteiger partial charge in [-0.05, 0) is 38.3 Å². The van der Waals surface area contributed by atoms with E-state index in [1.807, 2.05) is 13.8 Å². The highest BCUT2D eigenvalue weighted by Crippen LogP contribution is 2.41. The molecule has 150 valence electrons. The molecule has 2 rings (SSSR count). The van der Waals surface area contributed by atoms with Crippen LogP contribution in [-0.2, 0) is 28.5 Å². The number of benzene rings is 1. The summed E-state index contributed by atoms with van der Waals surface area (Å²) in [6.45, 7) is 6.92. The van der Waals surface area contributed by atoms with Crippen molar-refractivity contribution >= 4 is 16.9 Å². The summed E-state index contributed by atoms with van der Waals surface area (Å²) in [5, 5.41) is 3.58. The quantitative estimate of drug-likeness (QED) is 0.620. The van der Waals surface area contributed by atoms with Crippen molar-refractivity contribution in [3.63, 3.8) is 0 Å². The van der Waals surface area contributed by atoms with Crippen LogP contribution in [0, 0.1) is 0 Å². The number of nitrogens with zero attached hydrogens (tertiary/aromatic N) is 1. The molecular weight excluding hydrogens is 363 g/mol. The number of rotatable bonds is 7. The largest absolute Gasteiger partial charge is 0.476 e. The number of carbonyl (C=O) groups is 1. The van der Waals surface area contributed by atoms with E-state index < -0.39 is 23.5 Å². The molecule has 0 fully saturated rings. The van der Waals surface area contributed by atoms with Crippen molar-refractivity contribution in [2.24, 2.45) is 0 Å². The molecule has 0 radical (unpaired) electrons. The summed E-state index contributed by atoms with van der Waals surface area (Å²) in [6.07, 6.45) is -2.37. The number of halogens is 3. The van der Waals surface area contributed by atoms with Crippen LogP contribution in [0.4, 0.5) is 13.2 Å². The average Bonchev–Trinajstić information content (AvgIpc) is 3.01. The van der Waals surface area contributed by atoms with Gasteiger partial charge in [0.05, 0.1) is 12.5 Å². The van der Waals surface area contributed by atoms with Gasteiger partial charge in [-0.25, -0.2) is 4.79 Å². The van der Waals surface area contributed by atoms with Gasteiger partial charge in [-0.1, -0.05) is 31.8 Å². The lowest BCUT2D eigenvalue weighted by Gasteiger charge is -2.27. The van der Waals surface area contributed by atoms with Crippen LogP contribution in [0.15, 0.2) is 10.6 Å². The van der Waals surface area contributed by atoms with Gasteiger partial charge in [-0.2, -0.15) is 13.2 Å². The van der Waals surface area contributed by atoms with Gasteiger partial charge in [0.15, 0.2) is 5.60 Å². The zero-order valence-electron chi connectivity index (χ0n) is 16.1. The van der Waals surface area contributed by atoms with E-state index in [1.165, 1.54) is 13.2 Å². The zero-order chi connectivity index (χ0) is 20.4. The maximum atomic E-state index is 13.3. The smallest absolute Gasteiger partial charge is 0.453 e. The molecule has 0 saturated carbocycles. The van der Waals surface area contributed by atoms with Crippen molar-refractivity contribution in [1.29, 1.82) is 0 Å². The van der Waals surface area contributed by atoms with Crippen molar-refractivity contribution in [3.05, 3.63) is 23.0 Å². The molecule has 0 saturated heterocycles. The molecule has 8 heteroatoms. The van der Waals surface area contributed by atoms with Crippen molar-refractivity contribution in [3.8, 4) is 5.75 Å². The first-order chi connectivity index (χ1) is 12.6. The summed E-state index contributed by atoms with van der Waals surface area (Å²) in [6, 6.07) is 1.40. The van der Waals surface area contributed by atoms with E-state index >= 15 is 0 Å². The highest BCUT2D eigenvalue weighted by molar-refractivity contribution is 5.88. The fraction of sp³-hybridized carbons (Fsp3) is 0.579. The number of ether oxygens (including phenoxy) is 2. The minimum atomic E-state index is -4.64. The van der Waals surface area contributed by atoms with E-state index in [-0.39, 0.29) is 10.9 Å². The molecule has 0 aliphatic carbocycles. The minimum Gasteiger partial charge on any atom is -0.476 e. The molecule has 0 aliphatic rings. The number of methoxy groups -OCH3 is 1. The number of alkyl halides is 3. The normalized spacial score (nSPS) is 12.4. The van der Waals surface area contributed by atoms with Crippen LogP contribution in [0.25, 0.3) is 10.9 Å². The third-order valence-electron chi connectivity index (χ3n) is 4.21. The third-order valence-corrected chi connectivity index (χ3v) is 4.21. The predicted octanol–water partition coefficient (Wildman–Crippen LogP) is 5.08. The lowest BCUT2D eigenvalue weighted by atomic mass is 9.96. The number of aromatic nitrogens is 1. The second kappa shape index (κ2) is 7.78. The maximum Gasteiger partial charge on any atom is 0.453 e. The molecule has 27 heavy (non-hydrogen) atoms. The Hall–Kier alpha value is -2.25. The van der Waals surface area contributed by atoms with E-state index in [0.29, 0.717) is 42.6 Å². The molecule has 1 aromatic heterocycles. The summed E-state index contributed by atoms with van der Waals surface area (Å²) in [5.74, 6) is -1.32. The van der Waals surface area contributed by atoms with E-state index in [0.717, 1.165) is 0 Å². The molecule has 0 spiro atoms. The number of carbonyl (C=O) groups excluding carboxylic acids is 1. The van der Waals surface area contributed by atoms with E-state index in [4.69, 9.17) is 9.47 Å². The standard InChI is InChI=1S/C19H24F3NO4/c1-6-8-11-10-13-14(23-27-16(13)19(20,21)22)12(9-7-2)15(11)26-18(3,4)17(24)25-5/h10H,6-9H2,1-5H3. The van der Waals surface area contributed by atoms with Crippen molar-refractivity contribution in [2.75, 3.05) is 7.11 Å². The molecule has 5 nitrogen and oxygen atoms in total. The lowest BCUT2D eigenvalue weighted by molar-refractivity contribution is -0.156. The molecule has 2 aromatic rings. The van der Waals surface area contributed by atoms with Gasteiger partial charge in [0.25, 0.3) is 0 Å². The van der Waals surface area contributed by atoms with Crippen LogP contribution < -0.4 is 4.74 Å². The van der Waals surface area contributed by atoms with Gasteiger partial charge < -0.3 is 14.0 Å². The topological polar surface area (TPSA) is 61.6 Å². The first-order valence-electron chi connectivity index (χ1n) is 8.85. The van der Waals surface area contributed by atoms with Crippen LogP contribution in [0.1, 0.15) is 57.4 Å². The van der Waals surface area contributed by atoms with Gasteiger partial charge in [0, 0.05) is 5.56 Å². The average molecular weight is 387 g/mol. The third kappa shape index (κ3) is 4.20. The molecule has 0 aliphatic heterocycles. The Morgan fingerprint density at radius 2 is 1.81 bits per heavy atom. The fourth-order valence-corrected chi connectivity index (χ4v) is 3.00. The van der Waals surface area contributed by atoms with Crippen LogP contribution in [0.3, 0.4) is 0 Å². The Balaban J connectivity index is 2.75. The monoisotopic (exact) mass is 387 g/mol. The van der Waals surface area contributed by atoms with Gasteiger partial charge in [0.1, 0.15) is 11.3 Å². The van der Waals surface area contributed by atoms with Gasteiger partial charge in [-0.15, -0.1) is 0 Å². The number of hydrogen-bond donors (Lipinski definition) is 0. The molecule has 1 heterocycles. The minimum absolute atomic E-state index is 0.0855. The first kappa shape index (κ1) is 21.1. The molecule has 0 bridgehead atoms. The molecule has 0 unspecified atom stereocenters. The molecule has 0 atom stereocenters. The van der Waals surface area contributed by atoms with Gasteiger partial charge in [-0.3, -0.25) is 0 Å². The molecule has 0 amide bonds. The number of esters is 1. The summed E-state index contributed by atoms with van der Waals surface area (Å²) in [7, 11) is 1.25. The second-order valence-electron chi connectivity index (χ2n) is 6.85. The summed E-state index contributed by atoms with van der Waals surface area (Å²) >= 11 is 0. The zero-order valence-corrected chi connectivity index (χ0v) is 16.1.